The predicted molar refractivity (Wildman–Crippen MR) is 72.0 cm³/mol. The molecule has 94 valence electrons. The van der Waals surface area contributed by atoms with Crippen LogP contribution in [0, 0.1) is 0 Å². The molecule has 0 radical (unpaired) electrons. The van der Waals surface area contributed by atoms with Gasteiger partial charge in [-0.25, -0.2) is 0 Å². The molecule has 1 rings (SSSR count). The Morgan fingerprint density at radius 3 is 2.13 bits per heavy atom. The Labute approximate surface area is 96.3 Å². The van der Waals surface area contributed by atoms with E-state index in [0.29, 0.717) is 0 Å². The zero-order valence-corrected chi connectivity index (χ0v) is 11.1. The molecule has 0 amide bonds. The molecular weight excluding hydrogens is 186 g/mol. The molecular formula is C12H31N3. The topological polar surface area (TPSA) is 64.1 Å². The first-order chi connectivity index (χ1) is 7.35. The summed E-state index contributed by atoms with van der Waals surface area (Å²) in [5.41, 5.74) is 9.87. The van der Waals surface area contributed by atoms with Gasteiger partial charge >= 0.3 is 0 Å². The average Bonchev–Trinajstić information content (AvgIpc) is 2.78. The molecule has 0 spiro atoms. The van der Waals surface area contributed by atoms with Crippen molar-refractivity contribution in [3.05, 3.63) is 12.7 Å². The minimum Gasteiger partial charge on any atom is -0.333 e. The largest absolute Gasteiger partial charge is 0.333 e. The number of hydrogen-bond acceptors (Lipinski definition) is 3. The van der Waals surface area contributed by atoms with Crippen LogP contribution in [0.15, 0.2) is 12.7 Å². The molecule has 5 N–H and O–H groups in total. The molecule has 0 aromatic carbocycles. The van der Waals surface area contributed by atoms with E-state index in [2.05, 4.69) is 17.6 Å². The number of nitrogens with two attached hydrogens (primary N) is 2. The quantitative estimate of drug-likeness (QED) is 0.619. The van der Waals surface area contributed by atoms with E-state index in [1.807, 2.05) is 20.8 Å². The van der Waals surface area contributed by atoms with Crippen molar-refractivity contribution >= 4 is 0 Å². The molecule has 0 aromatic rings. The maximum absolute atomic E-state index is 5.37. The van der Waals surface area contributed by atoms with E-state index in [0.717, 1.165) is 19.0 Å². The van der Waals surface area contributed by atoms with Gasteiger partial charge < -0.3 is 16.8 Å². The Bertz CT molecular complexity index is 88.9. The molecule has 3 heteroatoms. The number of allylic oxidation sites excluding steroid dienone is 1. The first kappa shape index (κ1) is 20.1. The normalized spacial score (nSPS) is 17.1. The van der Waals surface area contributed by atoms with Gasteiger partial charge in [0.15, 0.2) is 0 Å². The van der Waals surface area contributed by atoms with Crippen molar-refractivity contribution in [2.45, 2.75) is 46.1 Å². The van der Waals surface area contributed by atoms with Crippen molar-refractivity contribution < 1.29 is 0 Å². The Morgan fingerprint density at radius 2 is 1.87 bits per heavy atom. The van der Waals surface area contributed by atoms with E-state index in [1.54, 1.807) is 6.08 Å². The van der Waals surface area contributed by atoms with Crippen LogP contribution in [0.25, 0.3) is 0 Å². The van der Waals surface area contributed by atoms with Crippen molar-refractivity contribution in [1.29, 1.82) is 0 Å². The fourth-order valence-electron chi connectivity index (χ4n) is 1.20. The standard InChI is InChI=1S/C6H14N2.C3H6.C2H6.CH5N/c7-4-3-6-2-1-5-8-6;1-3-2;2*1-2/h6,8H,1-5,7H2;3H,1H2,2H3;1-2H3;2H2,1H3. The van der Waals surface area contributed by atoms with Crippen LogP contribution in [-0.2, 0) is 0 Å². The van der Waals surface area contributed by atoms with Gasteiger partial charge in [0.05, 0.1) is 0 Å². The lowest BCUT2D eigenvalue weighted by Gasteiger charge is -2.05. The van der Waals surface area contributed by atoms with Crippen LogP contribution in [0.1, 0.15) is 40.0 Å². The Kier molecular flexibility index (Phi) is 31.4. The fourth-order valence-corrected chi connectivity index (χ4v) is 1.20. The zero-order valence-electron chi connectivity index (χ0n) is 11.1. The molecule has 1 fully saturated rings. The van der Waals surface area contributed by atoms with Gasteiger partial charge in [-0.1, -0.05) is 19.9 Å². The number of nitrogens with one attached hydrogen (secondary N) is 1. The second-order valence-corrected chi connectivity index (χ2v) is 2.78. The summed E-state index contributed by atoms with van der Waals surface area (Å²) in [6, 6.07) is 0.736. The van der Waals surface area contributed by atoms with E-state index in [9.17, 15) is 0 Å². The molecule has 3 nitrogen and oxygen atoms in total. The molecule has 1 heterocycles. The summed E-state index contributed by atoms with van der Waals surface area (Å²) in [6.45, 7) is 11.3. The minimum absolute atomic E-state index is 0.736. The first-order valence-electron chi connectivity index (χ1n) is 5.93. The highest BCUT2D eigenvalue weighted by Gasteiger charge is 2.11. The summed E-state index contributed by atoms with van der Waals surface area (Å²) >= 11 is 0. The van der Waals surface area contributed by atoms with Crippen LogP contribution in [-0.4, -0.2) is 26.2 Å². The van der Waals surface area contributed by atoms with Gasteiger partial charge in [-0.2, -0.15) is 0 Å². The van der Waals surface area contributed by atoms with E-state index < -0.39 is 0 Å². The molecule has 0 aliphatic carbocycles. The average molecular weight is 217 g/mol. The van der Waals surface area contributed by atoms with Crippen molar-refractivity contribution in [2.75, 3.05) is 20.1 Å². The van der Waals surface area contributed by atoms with Crippen LogP contribution in [0.5, 0.6) is 0 Å². The number of hydrogen-bond donors (Lipinski definition) is 3. The molecule has 1 atom stereocenters. The molecule has 1 unspecified atom stereocenters. The van der Waals surface area contributed by atoms with Crippen LogP contribution in [0.3, 0.4) is 0 Å². The zero-order chi connectivity index (χ0) is 12.5. The van der Waals surface area contributed by atoms with Gasteiger partial charge in [-0.05, 0) is 46.3 Å². The van der Waals surface area contributed by atoms with E-state index in [4.69, 9.17) is 5.73 Å². The Balaban J connectivity index is -0.000000176. The highest BCUT2D eigenvalue weighted by molar-refractivity contribution is 4.73. The second kappa shape index (κ2) is 23.4. The third kappa shape index (κ3) is 19.9. The third-order valence-corrected chi connectivity index (χ3v) is 1.68. The summed E-state index contributed by atoms with van der Waals surface area (Å²) in [4.78, 5) is 0. The first-order valence-corrected chi connectivity index (χ1v) is 5.93. The minimum atomic E-state index is 0.736. The predicted octanol–water partition coefficient (Wildman–Crippen LogP) is 1.88. The van der Waals surface area contributed by atoms with Gasteiger partial charge in [0.2, 0.25) is 0 Å². The lowest BCUT2D eigenvalue weighted by molar-refractivity contribution is 0.566. The van der Waals surface area contributed by atoms with Crippen molar-refractivity contribution in [3.63, 3.8) is 0 Å². The van der Waals surface area contributed by atoms with Gasteiger partial charge in [-0.3, -0.25) is 0 Å². The molecule has 0 saturated carbocycles. The van der Waals surface area contributed by atoms with Gasteiger partial charge in [0, 0.05) is 6.04 Å². The molecule has 15 heavy (non-hydrogen) atoms. The van der Waals surface area contributed by atoms with Crippen molar-refractivity contribution in [3.8, 4) is 0 Å². The van der Waals surface area contributed by atoms with E-state index >= 15 is 0 Å². The summed E-state index contributed by atoms with van der Waals surface area (Å²) in [5.74, 6) is 0. The Hall–Kier alpha value is -0.380. The van der Waals surface area contributed by atoms with Crippen molar-refractivity contribution in [2.24, 2.45) is 11.5 Å². The molecule has 1 saturated heterocycles. The highest BCUT2D eigenvalue weighted by atomic mass is 14.9. The lowest BCUT2D eigenvalue weighted by Crippen LogP contribution is -2.24. The third-order valence-electron chi connectivity index (χ3n) is 1.68. The Morgan fingerprint density at radius 1 is 1.40 bits per heavy atom. The SMILES string of the molecule is C=CC.CC.CN.NCCC1CCCN1. The van der Waals surface area contributed by atoms with E-state index in [-0.39, 0.29) is 0 Å². The fraction of sp³-hybridized carbons (Fsp3) is 0.833. The van der Waals surface area contributed by atoms with Gasteiger partial charge in [-0.15, -0.1) is 6.58 Å². The second-order valence-electron chi connectivity index (χ2n) is 2.78. The van der Waals surface area contributed by atoms with E-state index in [1.165, 1.54) is 26.4 Å². The molecule has 1 aliphatic heterocycles. The van der Waals surface area contributed by atoms with Gasteiger partial charge in [0.25, 0.3) is 0 Å². The summed E-state index contributed by atoms with van der Waals surface area (Å²) in [6.07, 6.45) is 5.57. The summed E-state index contributed by atoms with van der Waals surface area (Å²) in [7, 11) is 1.50. The van der Waals surface area contributed by atoms with Crippen LogP contribution in [0.2, 0.25) is 0 Å². The molecule has 1 aliphatic rings. The lowest BCUT2D eigenvalue weighted by atomic mass is 10.2. The maximum atomic E-state index is 5.37. The van der Waals surface area contributed by atoms with Crippen molar-refractivity contribution in [1.82, 2.24) is 5.32 Å². The number of rotatable bonds is 2. The summed E-state index contributed by atoms with van der Waals surface area (Å²) < 4.78 is 0. The van der Waals surface area contributed by atoms with Crippen LogP contribution < -0.4 is 16.8 Å². The summed E-state index contributed by atoms with van der Waals surface area (Å²) in [5, 5.41) is 3.38. The van der Waals surface area contributed by atoms with Crippen LogP contribution >= 0.6 is 0 Å². The maximum Gasteiger partial charge on any atom is 0.00795 e. The smallest absolute Gasteiger partial charge is 0.00795 e. The molecule has 0 aromatic heterocycles. The highest BCUT2D eigenvalue weighted by Crippen LogP contribution is 2.06. The molecule has 0 bridgehead atoms. The monoisotopic (exact) mass is 217 g/mol. The van der Waals surface area contributed by atoms with Gasteiger partial charge in [0.1, 0.15) is 0 Å². The van der Waals surface area contributed by atoms with Crippen LogP contribution in [0.4, 0.5) is 0 Å².